The lowest BCUT2D eigenvalue weighted by Crippen LogP contribution is -2.10. The Morgan fingerprint density at radius 2 is 2.10 bits per heavy atom. The molecule has 2 aromatic rings. The summed E-state index contributed by atoms with van der Waals surface area (Å²) in [7, 11) is 1.60. The molecule has 0 unspecified atom stereocenters. The number of phenols is 1. The molecule has 1 aromatic heterocycles. The molecular formula is C16H20N2O3. The van der Waals surface area contributed by atoms with Crippen LogP contribution < -0.4 is 14.8 Å². The van der Waals surface area contributed by atoms with Gasteiger partial charge in [-0.1, -0.05) is 0 Å². The Kier molecular flexibility index (Phi) is 4.87. The van der Waals surface area contributed by atoms with Crippen molar-refractivity contribution in [3.8, 4) is 17.4 Å². The topological polar surface area (TPSA) is 63.6 Å². The molecule has 0 fully saturated rings. The van der Waals surface area contributed by atoms with Crippen molar-refractivity contribution >= 4 is 5.69 Å². The van der Waals surface area contributed by atoms with Crippen LogP contribution in [0.3, 0.4) is 0 Å². The lowest BCUT2D eigenvalue weighted by molar-refractivity contribution is 0.234. The van der Waals surface area contributed by atoms with E-state index in [1.165, 1.54) is 0 Å². The van der Waals surface area contributed by atoms with Gasteiger partial charge in [0.1, 0.15) is 11.5 Å². The largest absolute Gasteiger partial charge is 0.508 e. The molecule has 5 heteroatoms. The van der Waals surface area contributed by atoms with Crippen LogP contribution >= 0.6 is 0 Å². The Hall–Kier alpha value is -2.43. The van der Waals surface area contributed by atoms with Gasteiger partial charge in [-0.05, 0) is 44.2 Å². The minimum absolute atomic E-state index is 0.0469. The van der Waals surface area contributed by atoms with E-state index in [0.717, 1.165) is 11.3 Å². The van der Waals surface area contributed by atoms with Crippen molar-refractivity contribution in [2.75, 3.05) is 12.4 Å². The molecular weight excluding hydrogens is 268 g/mol. The van der Waals surface area contributed by atoms with Gasteiger partial charge in [-0.25, -0.2) is 4.98 Å². The minimum Gasteiger partial charge on any atom is -0.508 e. The van der Waals surface area contributed by atoms with Gasteiger partial charge in [-0.3, -0.25) is 0 Å². The van der Waals surface area contributed by atoms with Gasteiger partial charge < -0.3 is 19.9 Å². The number of aromatic hydroxyl groups is 1. The average Bonchev–Trinajstić information content (AvgIpc) is 2.47. The lowest BCUT2D eigenvalue weighted by atomic mass is 10.2. The van der Waals surface area contributed by atoms with Crippen molar-refractivity contribution in [1.29, 1.82) is 0 Å². The van der Waals surface area contributed by atoms with Gasteiger partial charge in [0.15, 0.2) is 0 Å². The summed E-state index contributed by atoms with van der Waals surface area (Å²) in [6.45, 7) is 4.35. The maximum Gasteiger partial charge on any atom is 0.237 e. The number of hydrogen-bond acceptors (Lipinski definition) is 5. The zero-order chi connectivity index (χ0) is 15.2. The van der Waals surface area contributed by atoms with Crippen molar-refractivity contribution in [1.82, 2.24) is 4.98 Å². The van der Waals surface area contributed by atoms with Gasteiger partial charge in [0.25, 0.3) is 0 Å². The molecule has 21 heavy (non-hydrogen) atoms. The van der Waals surface area contributed by atoms with E-state index in [-0.39, 0.29) is 11.9 Å². The molecule has 0 aliphatic heterocycles. The number of nitrogens with zero attached hydrogens (tertiary/aromatic N) is 1. The van der Waals surface area contributed by atoms with Crippen LogP contribution in [0, 0.1) is 0 Å². The van der Waals surface area contributed by atoms with E-state index in [1.807, 2.05) is 26.0 Å². The van der Waals surface area contributed by atoms with Crippen LogP contribution in [0.4, 0.5) is 5.69 Å². The third-order valence-corrected chi connectivity index (χ3v) is 2.87. The first-order valence-corrected chi connectivity index (χ1v) is 6.81. The Bertz CT molecular complexity index is 600. The van der Waals surface area contributed by atoms with E-state index >= 15 is 0 Å². The van der Waals surface area contributed by atoms with Crippen molar-refractivity contribution in [2.45, 2.75) is 26.5 Å². The number of rotatable bonds is 6. The number of pyridine rings is 1. The molecule has 0 bridgehead atoms. The van der Waals surface area contributed by atoms with Crippen molar-refractivity contribution in [3.63, 3.8) is 0 Å². The number of anilines is 1. The summed E-state index contributed by atoms with van der Waals surface area (Å²) in [6, 6.07) is 8.85. The van der Waals surface area contributed by atoms with Gasteiger partial charge in [-0.2, -0.15) is 0 Å². The summed E-state index contributed by atoms with van der Waals surface area (Å²) >= 11 is 0. The third kappa shape index (κ3) is 4.02. The lowest BCUT2D eigenvalue weighted by Gasteiger charge is -2.14. The number of nitrogens with one attached hydrogen (secondary N) is 1. The van der Waals surface area contributed by atoms with Gasteiger partial charge in [0, 0.05) is 18.3 Å². The fourth-order valence-corrected chi connectivity index (χ4v) is 1.86. The summed E-state index contributed by atoms with van der Waals surface area (Å²) in [6.07, 6.45) is 1.73. The zero-order valence-electron chi connectivity index (χ0n) is 12.5. The molecule has 0 amide bonds. The van der Waals surface area contributed by atoms with E-state index in [2.05, 4.69) is 10.3 Å². The Labute approximate surface area is 124 Å². The van der Waals surface area contributed by atoms with Gasteiger partial charge >= 0.3 is 0 Å². The van der Waals surface area contributed by atoms with Crippen LogP contribution in [0.1, 0.15) is 19.4 Å². The predicted octanol–water partition coefficient (Wildman–Crippen LogP) is 3.20. The maximum absolute atomic E-state index is 9.88. The quantitative estimate of drug-likeness (QED) is 0.854. The maximum atomic E-state index is 9.88. The number of aromatic nitrogens is 1. The standard InChI is InChI=1S/C16H20N2O3/c1-11(2)21-16-14(5-4-8-17-16)18-10-12-9-13(20-3)6-7-15(12)19/h4-9,11,18-19H,10H2,1-3H3. The monoisotopic (exact) mass is 288 g/mol. The van der Waals surface area contributed by atoms with Gasteiger partial charge in [0.05, 0.1) is 18.9 Å². The highest BCUT2D eigenvalue weighted by Gasteiger charge is 2.08. The van der Waals surface area contributed by atoms with Crippen LogP contribution in [0.15, 0.2) is 36.5 Å². The van der Waals surface area contributed by atoms with Crippen LogP contribution in [0.2, 0.25) is 0 Å². The van der Waals surface area contributed by atoms with E-state index in [1.54, 1.807) is 31.5 Å². The second-order valence-corrected chi connectivity index (χ2v) is 4.87. The molecule has 0 saturated carbocycles. The number of phenolic OH excluding ortho intramolecular Hbond substituents is 1. The van der Waals surface area contributed by atoms with Crippen molar-refractivity contribution < 1.29 is 14.6 Å². The van der Waals surface area contributed by atoms with Crippen LogP contribution in [0.5, 0.6) is 17.4 Å². The van der Waals surface area contributed by atoms with E-state index in [0.29, 0.717) is 18.2 Å². The summed E-state index contributed by atoms with van der Waals surface area (Å²) in [4.78, 5) is 4.22. The zero-order valence-corrected chi connectivity index (χ0v) is 12.5. The number of ether oxygens (including phenoxy) is 2. The molecule has 1 heterocycles. The molecule has 0 aliphatic rings. The Balaban J connectivity index is 2.13. The molecule has 0 radical (unpaired) electrons. The molecule has 2 rings (SSSR count). The molecule has 5 nitrogen and oxygen atoms in total. The van der Waals surface area contributed by atoms with E-state index in [9.17, 15) is 5.11 Å². The predicted molar refractivity (Wildman–Crippen MR) is 82.0 cm³/mol. The fourth-order valence-electron chi connectivity index (χ4n) is 1.86. The van der Waals surface area contributed by atoms with E-state index in [4.69, 9.17) is 9.47 Å². The van der Waals surface area contributed by atoms with Crippen LogP contribution in [0.25, 0.3) is 0 Å². The van der Waals surface area contributed by atoms with Gasteiger partial charge in [-0.15, -0.1) is 0 Å². The first-order valence-electron chi connectivity index (χ1n) is 6.81. The summed E-state index contributed by atoms with van der Waals surface area (Å²) in [5.41, 5.74) is 1.53. The second-order valence-electron chi connectivity index (χ2n) is 4.87. The second kappa shape index (κ2) is 6.83. The normalized spacial score (nSPS) is 10.5. The number of hydrogen-bond donors (Lipinski definition) is 2. The van der Waals surface area contributed by atoms with Crippen molar-refractivity contribution in [2.24, 2.45) is 0 Å². The molecule has 112 valence electrons. The van der Waals surface area contributed by atoms with Crippen LogP contribution in [-0.4, -0.2) is 23.3 Å². The van der Waals surface area contributed by atoms with Gasteiger partial charge in [0.2, 0.25) is 5.88 Å². The first kappa shape index (κ1) is 15.0. The molecule has 0 saturated heterocycles. The molecule has 0 spiro atoms. The Morgan fingerprint density at radius 1 is 1.29 bits per heavy atom. The van der Waals surface area contributed by atoms with Crippen molar-refractivity contribution in [3.05, 3.63) is 42.1 Å². The summed E-state index contributed by atoms with van der Waals surface area (Å²) in [5, 5.41) is 13.1. The summed E-state index contributed by atoms with van der Waals surface area (Å²) in [5.74, 6) is 1.47. The van der Waals surface area contributed by atoms with Crippen LogP contribution in [-0.2, 0) is 6.54 Å². The Morgan fingerprint density at radius 3 is 2.81 bits per heavy atom. The number of benzene rings is 1. The smallest absolute Gasteiger partial charge is 0.237 e. The summed E-state index contributed by atoms with van der Waals surface area (Å²) < 4.78 is 10.8. The highest BCUT2D eigenvalue weighted by molar-refractivity contribution is 5.53. The van der Waals surface area contributed by atoms with E-state index < -0.39 is 0 Å². The molecule has 1 aromatic carbocycles. The molecule has 2 N–H and O–H groups in total. The highest BCUT2D eigenvalue weighted by atomic mass is 16.5. The highest BCUT2D eigenvalue weighted by Crippen LogP contribution is 2.26. The first-order chi connectivity index (χ1) is 10.1. The molecule has 0 aliphatic carbocycles. The number of methoxy groups -OCH3 is 1. The fraction of sp³-hybridized carbons (Fsp3) is 0.312. The SMILES string of the molecule is COc1ccc(O)c(CNc2cccnc2OC(C)C)c1. The minimum atomic E-state index is 0.0469. The third-order valence-electron chi connectivity index (χ3n) is 2.87. The average molecular weight is 288 g/mol. The molecule has 0 atom stereocenters.